The summed E-state index contributed by atoms with van der Waals surface area (Å²) in [6.45, 7) is 1.41. The van der Waals surface area contributed by atoms with Crippen LogP contribution < -0.4 is 0 Å². The molecule has 0 bridgehead atoms. The summed E-state index contributed by atoms with van der Waals surface area (Å²) in [6.07, 6.45) is 0.0588. The molecule has 5 heteroatoms. The zero-order valence-electron chi connectivity index (χ0n) is 8.61. The van der Waals surface area contributed by atoms with Gasteiger partial charge >= 0.3 is 5.97 Å². The fourth-order valence-corrected chi connectivity index (χ4v) is 1.49. The van der Waals surface area contributed by atoms with Gasteiger partial charge in [-0.25, -0.2) is 9.18 Å². The second-order valence-corrected chi connectivity index (χ2v) is 3.82. The van der Waals surface area contributed by atoms with Crippen LogP contribution in [0.5, 0.6) is 0 Å². The molecule has 1 N–H and O–H groups in total. The Morgan fingerprint density at radius 2 is 2.25 bits per heavy atom. The minimum absolute atomic E-state index is 0.0588. The molecule has 1 atom stereocenters. The van der Waals surface area contributed by atoms with Crippen molar-refractivity contribution in [1.82, 2.24) is 0 Å². The van der Waals surface area contributed by atoms with Crippen LogP contribution in [0.2, 0.25) is 0 Å². The van der Waals surface area contributed by atoms with Gasteiger partial charge in [0.15, 0.2) is 0 Å². The first-order chi connectivity index (χ1) is 7.53. The van der Waals surface area contributed by atoms with Crippen molar-refractivity contribution >= 4 is 11.7 Å². The maximum absolute atomic E-state index is 13.4. The summed E-state index contributed by atoms with van der Waals surface area (Å²) >= 11 is 0. The normalized spacial score (nSPS) is 23.8. The van der Waals surface area contributed by atoms with E-state index in [4.69, 9.17) is 9.94 Å². The Kier molecular flexibility index (Phi) is 2.38. The average Bonchev–Trinajstić information content (AvgIpc) is 2.63. The van der Waals surface area contributed by atoms with Crippen molar-refractivity contribution in [3.63, 3.8) is 0 Å². The third-order valence-corrected chi connectivity index (χ3v) is 2.50. The van der Waals surface area contributed by atoms with Gasteiger partial charge in [0, 0.05) is 12.0 Å². The van der Waals surface area contributed by atoms with E-state index in [9.17, 15) is 9.18 Å². The van der Waals surface area contributed by atoms with Gasteiger partial charge in [-0.1, -0.05) is 23.4 Å². The third-order valence-electron chi connectivity index (χ3n) is 2.50. The second kappa shape index (κ2) is 3.59. The maximum atomic E-state index is 13.4. The molecule has 1 aliphatic heterocycles. The van der Waals surface area contributed by atoms with E-state index in [1.54, 1.807) is 18.2 Å². The average molecular weight is 223 g/mol. The molecule has 0 amide bonds. The summed E-state index contributed by atoms with van der Waals surface area (Å²) in [4.78, 5) is 15.7. The van der Waals surface area contributed by atoms with Gasteiger partial charge in [-0.3, -0.25) is 0 Å². The quantitative estimate of drug-likeness (QED) is 0.831. The first-order valence-corrected chi connectivity index (χ1v) is 4.76. The summed E-state index contributed by atoms with van der Waals surface area (Å²) in [5, 5.41) is 12.6. The Labute approximate surface area is 91.3 Å². The highest BCUT2D eigenvalue weighted by Gasteiger charge is 2.42. The van der Waals surface area contributed by atoms with E-state index in [2.05, 4.69) is 5.16 Å². The van der Waals surface area contributed by atoms with Gasteiger partial charge in [0.1, 0.15) is 5.82 Å². The molecule has 0 saturated heterocycles. The molecular formula is C11H10FNO3. The van der Waals surface area contributed by atoms with E-state index < -0.39 is 17.4 Å². The number of carboxylic acid groups (broad SMARTS) is 1. The van der Waals surface area contributed by atoms with Crippen LogP contribution in [0.25, 0.3) is 0 Å². The molecule has 0 spiro atoms. The lowest BCUT2D eigenvalue weighted by Gasteiger charge is -2.14. The van der Waals surface area contributed by atoms with Gasteiger partial charge in [-0.2, -0.15) is 0 Å². The molecule has 1 aromatic carbocycles. The smallest absolute Gasteiger partial charge is 0.351 e. The first-order valence-electron chi connectivity index (χ1n) is 4.76. The molecule has 0 unspecified atom stereocenters. The van der Waals surface area contributed by atoms with Crippen LogP contribution in [0, 0.1) is 5.82 Å². The number of rotatable bonds is 2. The lowest BCUT2D eigenvalue weighted by molar-refractivity contribution is -0.160. The van der Waals surface area contributed by atoms with Crippen molar-refractivity contribution in [3.05, 3.63) is 35.6 Å². The molecule has 0 fully saturated rings. The highest BCUT2D eigenvalue weighted by Crippen LogP contribution is 2.27. The topological polar surface area (TPSA) is 58.9 Å². The van der Waals surface area contributed by atoms with Crippen LogP contribution in [0.1, 0.15) is 18.9 Å². The molecule has 84 valence electrons. The van der Waals surface area contributed by atoms with E-state index in [1.807, 2.05) is 0 Å². The predicted molar refractivity (Wildman–Crippen MR) is 54.7 cm³/mol. The van der Waals surface area contributed by atoms with Crippen LogP contribution >= 0.6 is 0 Å². The van der Waals surface area contributed by atoms with E-state index in [1.165, 1.54) is 13.0 Å². The monoisotopic (exact) mass is 223 g/mol. The molecular weight excluding hydrogens is 213 g/mol. The van der Waals surface area contributed by atoms with Crippen LogP contribution in [0.3, 0.4) is 0 Å². The maximum Gasteiger partial charge on any atom is 0.351 e. The fraction of sp³-hybridized carbons (Fsp3) is 0.273. The number of benzene rings is 1. The predicted octanol–water partition coefficient (Wildman–Crippen LogP) is 1.79. The SMILES string of the molecule is C[C@@]1(C(=O)O)CC(c2ccccc2F)=NO1. The Bertz CT molecular complexity index is 472. The van der Waals surface area contributed by atoms with E-state index in [0.29, 0.717) is 5.71 Å². The standard InChI is InChI=1S/C11H10FNO3/c1-11(10(14)15)6-9(13-16-11)7-4-2-3-5-8(7)12/h2-5H,6H2,1H3,(H,14,15)/t11-/m0/s1. The lowest BCUT2D eigenvalue weighted by Crippen LogP contribution is -2.35. The molecule has 1 heterocycles. The van der Waals surface area contributed by atoms with Gasteiger partial charge in [-0.05, 0) is 13.0 Å². The largest absolute Gasteiger partial charge is 0.478 e. The van der Waals surface area contributed by atoms with Crippen molar-refractivity contribution in [1.29, 1.82) is 0 Å². The minimum Gasteiger partial charge on any atom is -0.478 e. The summed E-state index contributed by atoms with van der Waals surface area (Å²) in [5.41, 5.74) is -0.784. The Hall–Kier alpha value is -1.91. The number of aliphatic carboxylic acids is 1. The zero-order valence-corrected chi connectivity index (χ0v) is 8.61. The lowest BCUT2D eigenvalue weighted by atomic mass is 9.96. The number of carboxylic acids is 1. The zero-order chi connectivity index (χ0) is 11.8. The molecule has 16 heavy (non-hydrogen) atoms. The molecule has 0 aromatic heterocycles. The van der Waals surface area contributed by atoms with Crippen LogP contribution in [0.15, 0.2) is 29.4 Å². The molecule has 0 saturated carbocycles. The van der Waals surface area contributed by atoms with Crippen molar-refractivity contribution in [3.8, 4) is 0 Å². The van der Waals surface area contributed by atoms with Crippen LogP contribution in [-0.4, -0.2) is 22.4 Å². The van der Waals surface area contributed by atoms with Crippen LogP contribution in [-0.2, 0) is 9.63 Å². The third kappa shape index (κ3) is 1.64. The Morgan fingerprint density at radius 1 is 1.56 bits per heavy atom. The first kappa shape index (κ1) is 10.6. The molecule has 0 radical (unpaired) electrons. The van der Waals surface area contributed by atoms with Crippen molar-refractivity contribution < 1.29 is 19.1 Å². The highest BCUT2D eigenvalue weighted by molar-refractivity contribution is 6.04. The second-order valence-electron chi connectivity index (χ2n) is 3.82. The number of halogens is 1. The van der Waals surface area contributed by atoms with Gasteiger partial charge < -0.3 is 9.94 Å². The van der Waals surface area contributed by atoms with Gasteiger partial charge in [0.05, 0.1) is 5.71 Å². The van der Waals surface area contributed by atoms with Gasteiger partial charge in [0.25, 0.3) is 0 Å². The van der Waals surface area contributed by atoms with Crippen molar-refractivity contribution in [2.24, 2.45) is 5.16 Å². The number of hydrogen-bond donors (Lipinski definition) is 1. The highest BCUT2D eigenvalue weighted by atomic mass is 19.1. The number of carbonyl (C=O) groups is 1. The van der Waals surface area contributed by atoms with E-state index in [-0.39, 0.29) is 12.0 Å². The van der Waals surface area contributed by atoms with Gasteiger partial charge in [-0.15, -0.1) is 0 Å². The number of oxime groups is 1. The minimum atomic E-state index is -1.39. The summed E-state index contributed by atoms with van der Waals surface area (Å²) in [6, 6.07) is 6.07. The van der Waals surface area contributed by atoms with Crippen molar-refractivity contribution in [2.45, 2.75) is 18.9 Å². The molecule has 2 rings (SSSR count). The summed E-state index contributed by atoms with van der Waals surface area (Å²) in [7, 11) is 0. The molecule has 1 aromatic rings. The summed E-state index contributed by atoms with van der Waals surface area (Å²) in [5.74, 6) is -1.54. The van der Waals surface area contributed by atoms with E-state index in [0.717, 1.165) is 0 Å². The summed E-state index contributed by atoms with van der Waals surface area (Å²) < 4.78 is 13.4. The van der Waals surface area contributed by atoms with Gasteiger partial charge in [0.2, 0.25) is 5.60 Å². The fourth-order valence-electron chi connectivity index (χ4n) is 1.49. The van der Waals surface area contributed by atoms with E-state index >= 15 is 0 Å². The Morgan fingerprint density at radius 3 is 2.81 bits per heavy atom. The van der Waals surface area contributed by atoms with Crippen molar-refractivity contribution in [2.75, 3.05) is 0 Å². The number of hydrogen-bond acceptors (Lipinski definition) is 3. The Balaban J connectivity index is 2.28. The number of nitrogens with zero attached hydrogens (tertiary/aromatic N) is 1. The molecule has 1 aliphatic rings. The molecule has 0 aliphatic carbocycles. The molecule has 4 nitrogen and oxygen atoms in total. The van der Waals surface area contributed by atoms with Crippen LogP contribution in [0.4, 0.5) is 4.39 Å².